The molecular formula is C16H25N. The molecule has 0 atom stereocenters. The highest BCUT2D eigenvalue weighted by atomic mass is 14.6. The van der Waals surface area contributed by atoms with Gasteiger partial charge in [-0.25, -0.2) is 0 Å². The second-order valence-corrected chi connectivity index (χ2v) is 5.60. The van der Waals surface area contributed by atoms with Crippen molar-refractivity contribution in [2.75, 3.05) is 6.54 Å². The highest BCUT2D eigenvalue weighted by Crippen LogP contribution is 2.41. The first-order valence-corrected chi connectivity index (χ1v) is 7.09. The third-order valence-electron chi connectivity index (χ3n) is 4.36. The van der Waals surface area contributed by atoms with E-state index in [-0.39, 0.29) is 0 Å². The Morgan fingerprint density at radius 1 is 1.00 bits per heavy atom. The highest BCUT2D eigenvalue weighted by molar-refractivity contribution is 5.14. The van der Waals surface area contributed by atoms with E-state index in [9.17, 15) is 0 Å². The maximum Gasteiger partial charge on any atom is -0.00205 e. The first-order chi connectivity index (χ1) is 8.35. The molecule has 1 fully saturated rings. The van der Waals surface area contributed by atoms with Crippen LogP contribution in [0.25, 0.3) is 0 Å². The van der Waals surface area contributed by atoms with Crippen molar-refractivity contribution in [3.8, 4) is 0 Å². The summed E-state index contributed by atoms with van der Waals surface area (Å²) in [7, 11) is 0. The van der Waals surface area contributed by atoms with Crippen LogP contribution in [0.3, 0.4) is 0 Å². The second-order valence-electron chi connectivity index (χ2n) is 5.60. The summed E-state index contributed by atoms with van der Waals surface area (Å²) in [5, 5.41) is 0. The van der Waals surface area contributed by atoms with Gasteiger partial charge in [0.25, 0.3) is 0 Å². The Morgan fingerprint density at radius 3 is 2.35 bits per heavy atom. The third kappa shape index (κ3) is 3.57. The van der Waals surface area contributed by atoms with Crippen LogP contribution in [0.5, 0.6) is 0 Å². The van der Waals surface area contributed by atoms with Gasteiger partial charge in [-0.2, -0.15) is 0 Å². The van der Waals surface area contributed by atoms with Gasteiger partial charge in [0.1, 0.15) is 0 Å². The lowest BCUT2D eigenvalue weighted by Crippen LogP contribution is -2.27. The molecule has 1 aromatic rings. The molecule has 1 nitrogen and oxygen atoms in total. The summed E-state index contributed by atoms with van der Waals surface area (Å²) in [6, 6.07) is 10.8. The predicted molar refractivity (Wildman–Crippen MR) is 74.0 cm³/mol. The Balaban J connectivity index is 1.69. The van der Waals surface area contributed by atoms with Crippen molar-refractivity contribution in [2.45, 2.75) is 51.4 Å². The average molecular weight is 231 g/mol. The molecule has 0 heterocycles. The summed E-state index contributed by atoms with van der Waals surface area (Å²) in [5.74, 6) is 0. The van der Waals surface area contributed by atoms with Crippen LogP contribution in [0.2, 0.25) is 0 Å². The Bertz CT molecular complexity index is 312. The van der Waals surface area contributed by atoms with Crippen LogP contribution < -0.4 is 5.73 Å². The molecule has 0 spiro atoms. The van der Waals surface area contributed by atoms with Gasteiger partial charge in [0, 0.05) is 0 Å². The van der Waals surface area contributed by atoms with Crippen LogP contribution in [-0.2, 0) is 6.42 Å². The molecule has 94 valence electrons. The van der Waals surface area contributed by atoms with Gasteiger partial charge in [-0.3, -0.25) is 0 Å². The van der Waals surface area contributed by atoms with Crippen molar-refractivity contribution in [1.29, 1.82) is 0 Å². The Labute approximate surface area is 105 Å². The number of nitrogens with two attached hydrogens (primary N) is 1. The van der Waals surface area contributed by atoms with Crippen LogP contribution in [0, 0.1) is 5.41 Å². The maximum absolute atomic E-state index is 5.96. The Morgan fingerprint density at radius 2 is 1.71 bits per heavy atom. The molecule has 17 heavy (non-hydrogen) atoms. The zero-order chi connectivity index (χ0) is 12.0. The first-order valence-electron chi connectivity index (χ1n) is 7.09. The smallest absolute Gasteiger partial charge is 0.00205 e. The highest BCUT2D eigenvalue weighted by Gasteiger charge is 2.31. The molecule has 0 aromatic heterocycles. The summed E-state index contributed by atoms with van der Waals surface area (Å²) >= 11 is 0. The molecule has 0 radical (unpaired) electrons. The van der Waals surface area contributed by atoms with E-state index in [0.717, 1.165) is 6.54 Å². The largest absolute Gasteiger partial charge is 0.330 e. The van der Waals surface area contributed by atoms with Gasteiger partial charge in [0.15, 0.2) is 0 Å². The van der Waals surface area contributed by atoms with Crippen molar-refractivity contribution in [2.24, 2.45) is 11.1 Å². The first kappa shape index (κ1) is 12.6. The molecule has 2 N–H and O–H groups in total. The SMILES string of the molecule is NCC1(CCCCc2ccccc2)CCCC1. The minimum Gasteiger partial charge on any atom is -0.330 e. The number of unbranched alkanes of at least 4 members (excludes halogenated alkanes) is 1. The van der Waals surface area contributed by atoms with E-state index in [1.165, 1.54) is 56.9 Å². The zero-order valence-corrected chi connectivity index (χ0v) is 10.8. The average Bonchev–Trinajstić information content (AvgIpc) is 2.85. The molecule has 1 heteroatoms. The minimum absolute atomic E-state index is 0.511. The van der Waals surface area contributed by atoms with Gasteiger partial charge < -0.3 is 5.73 Å². The van der Waals surface area contributed by atoms with Crippen molar-refractivity contribution in [3.05, 3.63) is 35.9 Å². The quantitative estimate of drug-likeness (QED) is 0.738. The summed E-state index contributed by atoms with van der Waals surface area (Å²) < 4.78 is 0. The summed E-state index contributed by atoms with van der Waals surface area (Å²) in [5.41, 5.74) is 7.95. The number of benzene rings is 1. The van der Waals surface area contributed by atoms with Crippen LogP contribution in [0.15, 0.2) is 30.3 Å². The lowest BCUT2D eigenvalue weighted by Gasteiger charge is -2.27. The fraction of sp³-hybridized carbons (Fsp3) is 0.625. The fourth-order valence-corrected chi connectivity index (χ4v) is 3.15. The fourth-order valence-electron chi connectivity index (χ4n) is 3.15. The Kier molecular flexibility index (Phi) is 4.61. The summed E-state index contributed by atoms with van der Waals surface area (Å²) in [4.78, 5) is 0. The van der Waals surface area contributed by atoms with Gasteiger partial charge in [-0.1, -0.05) is 49.6 Å². The van der Waals surface area contributed by atoms with Gasteiger partial charge in [0.2, 0.25) is 0 Å². The maximum atomic E-state index is 5.96. The molecule has 1 saturated carbocycles. The summed E-state index contributed by atoms with van der Waals surface area (Å²) in [6.45, 7) is 0.901. The number of aryl methyl sites for hydroxylation is 1. The monoisotopic (exact) mass is 231 g/mol. The van der Waals surface area contributed by atoms with Crippen LogP contribution in [0.1, 0.15) is 50.5 Å². The minimum atomic E-state index is 0.511. The second kappa shape index (κ2) is 6.20. The van der Waals surface area contributed by atoms with E-state index in [0.29, 0.717) is 5.41 Å². The molecule has 0 saturated heterocycles. The van der Waals surface area contributed by atoms with Crippen LogP contribution in [0.4, 0.5) is 0 Å². The van der Waals surface area contributed by atoms with Crippen LogP contribution >= 0.6 is 0 Å². The molecule has 1 aromatic carbocycles. The van der Waals surface area contributed by atoms with E-state index in [1.807, 2.05) is 0 Å². The lowest BCUT2D eigenvalue weighted by atomic mass is 9.81. The van der Waals surface area contributed by atoms with E-state index in [2.05, 4.69) is 30.3 Å². The standard InChI is InChI=1S/C16H25N/c17-14-16(12-6-7-13-16)11-5-4-10-15-8-2-1-3-9-15/h1-3,8-9H,4-7,10-14,17H2. The molecule has 2 rings (SSSR count). The van der Waals surface area contributed by atoms with Crippen molar-refractivity contribution in [3.63, 3.8) is 0 Å². The third-order valence-corrected chi connectivity index (χ3v) is 4.36. The number of hydrogen-bond acceptors (Lipinski definition) is 1. The summed E-state index contributed by atoms with van der Waals surface area (Å²) in [6.07, 6.45) is 10.8. The van der Waals surface area contributed by atoms with Gasteiger partial charge >= 0.3 is 0 Å². The molecule has 0 amide bonds. The predicted octanol–water partition coefficient (Wildman–Crippen LogP) is 3.92. The Hall–Kier alpha value is -0.820. The zero-order valence-electron chi connectivity index (χ0n) is 10.8. The van der Waals surface area contributed by atoms with Crippen molar-refractivity contribution < 1.29 is 0 Å². The molecule has 0 aliphatic heterocycles. The van der Waals surface area contributed by atoms with Crippen LogP contribution in [-0.4, -0.2) is 6.54 Å². The topological polar surface area (TPSA) is 26.0 Å². The van der Waals surface area contributed by atoms with E-state index in [4.69, 9.17) is 5.73 Å². The van der Waals surface area contributed by atoms with E-state index < -0.39 is 0 Å². The number of rotatable bonds is 6. The number of hydrogen-bond donors (Lipinski definition) is 1. The molecular weight excluding hydrogens is 206 g/mol. The van der Waals surface area contributed by atoms with Crippen molar-refractivity contribution >= 4 is 0 Å². The van der Waals surface area contributed by atoms with E-state index >= 15 is 0 Å². The van der Waals surface area contributed by atoms with Gasteiger partial charge in [-0.15, -0.1) is 0 Å². The normalized spacial score (nSPS) is 18.4. The lowest BCUT2D eigenvalue weighted by molar-refractivity contribution is 0.272. The molecule has 0 bridgehead atoms. The van der Waals surface area contributed by atoms with Gasteiger partial charge in [-0.05, 0) is 49.6 Å². The van der Waals surface area contributed by atoms with Crippen molar-refractivity contribution in [1.82, 2.24) is 0 Å². The molecule has 1 aliphatic rings. The van der Waals surface area contributed by atoms with Gasteiger partial charge in [0.05, 0.1) is 0 Å². The van der Waals surface area contributed by atoms with E-state index in [1.54, 1.807) is 0 Å². The molecule has 0 unspecified atom stereocenters. The molecule has 1 aliphatic carbocycles.